The first-order valence-corrected chi connectivity index (χ1v) is 27.4. The number of amides is 1. The van der Waals surface area contributed by atoms with E-state index in [1.54, 1.807) is 6.08 Å². The maximum atomic E-state index is 13.2. The van der Waals surface area contributed by atoms with Crippen molar-refractivity contribution in [2.45, 2.75) is 274 Å². The van der Waals surface area contributed by atoms with Gasteiger partial charge in [-0.1, -0.05) is 178 Å². The van der Waals surface area contributed by atoms with Gasteiger partial charge in [-0.05, 0) is 64.2 Å². The molecule has 12 atom stereocenters. The van der Waals surface area contributed by atoms with Crippen LogP contribution in [0.4, 0.5) is 0 Å². The van der Waals surface area contributed by atoms with Crippen molar-refractivity contribution in [1.29, 1.82) is 0 Å². The lowest BCUT2D eigenvalue weighted by Gasteiger charge is -2.46. The van der Waals surface area contributed by atoms with Crippen molar-refractivity contribution in [3.05, 3.63) is 48.6 Å². The van der Waals surface area contributed by atoms with Crippen LogP contribution in [0.1, 0.15) is 200 Å². The van der Waals surface area contributed by atoms with Gasteiger partial charge in [0.1, 0.15) is 48.8 Å². The Morgan fingerprint density at radius 1 is 0.522 bits per heavy atom. The van der Waals surface area contributed by atoms with E-state index >= 15 is 0 Å². The molecule has 0 aromatic carbocycles. The number of nitrogens with one attached hydrogen (secondary N) is 1. The minimum Gasteiger partial charge on any atom is -0.394 e. The Bertz CT molecular complexity index is 1340. The number of carbonyl (C=O) groups is 1. The molecule has 0 bridgehead atoms. The lowest BCUT2D eigenvalue weighted by Crippen LogP contribution is -2.65. The molecule has 2 saturated heterocycles. The third-order valence-corrected chi connectivity index (χ3v) is 13.2. The van der Waals surface area contributed by atoms with Crippen molar-refractivity contribution in [3.8, 4) is 0 Å². The highest BCUT2D eigenvalue weighted by Gasteiger charge is 2.51. The van der Waals surface area contributed by atoms with E-state index in [4.69, 9.17) is 18.9 Å². The summed E-state index contributed by atoms with van der Waals surface area (Å²) in [6.07, 6.45) is 33.1. The van der Waals surface area contributed by atoms with E-state index in [9.17, 15) is 45.6 Å². The Morgan fingerprint density at radius 3 is 1.52 bits per heavy atom. The van der Waals surface area contributed by atoms with Crippen LogP contribution in [0.2, 0.25) is 0 Å². The normalized spacial score (nSPS) is 26.5. The van der Waals surface area contributed by atoms with Crippen LogP contribution >= 0.6 is 0 Å². The summed E-state index contributed by atoms with van der Waals surface area (Å²) in [5.41, 5.74) is 0. The Hall–Kier alpha value is -2.05. The van der Waals surface area contributed by atoms with Crippen molar-refractivity contribution >= 4 is 5.91 Å². The Kier molecular flexibility index (Phi) is 37.9. The van der Waals surface area contributed by atoms with E-state index < -0.39 is 86.8 Å². The third-order valence-electron chi connectivity index (χ3n) is 13.2. The monoisotopic (exact) mass is 982 g/mol. The molecule has 402 valence electrons. The lowest BCUT2D eigenvalue weighted by molar-refractivity contribution is -0.359. The number of hydrogen-bond acceptors (Lipinski definition) is 13. The first-order chi connectivity index (χ1) is 33.6. The average Bonchev–Trinajstić information content (AvgIpc) is 3.35. The topological polar surface area (TPSA) is 228 Å². The summed E-state index contributed by atoms with van der Waals surface area (Å²) >= 11 is 0. The highest BCUT2D eigenvalue weighted by atomic mass is 16.7. The molecule has 2 aliphatic rings. The van der Waals surface area contributed by atoms with Gasteiger partial charge in [0.15, 0.2) is 12.6 Å². The molecule has 12 unspecified atom stereocenters. The van der Waals surface area contributed by atoms with Gasteiger partial charge in [0.2, 0.25) is 5.91 Å². The average molecular weight is 982 g/mol. The smallest absolute Gasteiger partial charge is 0.220 e. The number of aliphatic hydroxyl groups excluding tert-OH is 8. The molecule has 0 aliphatic carbocycles. The molecule has 69 heavy (non-hydrogen) atoms. The molecule has 2 aliphatic heterocycles. The molecule has 0 radical (unpaired) electrons. The maximum absolute atomic E-state index is 13.2. The van der Waals surface area contributed by atoms with Crippen LogP contribution in [0, 0.1) is 0 Å². The third kappa shape index (κ3) is 28.1. The molecule has 0 saturated carbocycles. The largest absolute Gasteiger partial charge is 0.394 e. The van der Waals surface area contributed by atoms with Gasteiger partial charge >= 0.3 is 0 Å². The van der Waals surface area contributed by atoms with E-state index in [1.165, 1.54) is 128 Å². The van der Waals surface area contributed by atoms with Gasteiger partial charge < -0.3 is 65.1 Å². The fourth-order valence-electron chi connectivity index (χ4n) is 8.75. The van der Waals surface area contributed by atoms with Gasteiger partial charge in [0, 0.05) is 6.42 Å². The molecule has 2 fully saturated rings. The predicted octanol–water partition coefficient (Wildman–Crippen LogP) is 8.05. The standard InChI is InChI=1S/C55H99NO13/c1-3-5-7-9-11-13-15-16-17-18-19-20-21-22-23-24-25-26-27-28-29-31-33-35-37-39-47(60)56-43(44(59)38-36-34-32-30-14-12-10-8-6-4-2)42-66-54-52(65)50(63)53(46(41-58)68-54)69-55-51(64)49(62)48(61)45(40-57)67-55/h14-16,18-19,30,36,38,43-46,48-55,57-59,61-65H,3-13,17,20-29,31-35,37,39-42H2,1-2H3,(H,56,60)/b16-15-,19-18-,30-14+,38-36+. The molecule has 0 aromatic rings. The Morgan fingerprint density at radius 2 is 0.971 bits per heavy atom. The summed E-state index contributed by atoms with van der Waals surface area (Å²) in [4.78, 5) is 13.2. The molecule has 0 aromatic heterocycles. The number of hydrogen-bond donors (Lipinski definition) is 9. The number of unbranched alkanes of at least 4 members (excludes halogenated alkanes) is 23. The summed E-state index contributed by atoms with van der Waals surface area (Å²) in [5, 5.41) is 86.7. The quantitative estimate of drug-likeness (QED) is 0.0209. The van der Waals surface area contributed by atoms with Crippen LogP contribution < -0.4 is 5.32 Å². The van der Waals surface area contributed by atoms with Crippen LogP contribution in [-0.2, 0) is 23.7 Å². The first kappa shape index (κ1) is 63.1. The predicted molar refractivity (Wildman–Crippen MR) is 272 cm³/mol. The Labute approximate surface area is 416 Å². The van der Waals surface area contributed by atoms with Crippen LogP contribution in [0.5, 0.6) is 0 Å². The molecule has 1 amide bonds. The molecular weight excluding hydrogens is 883 g/mol. The van der Waals surface area contributed by atoms with Crippen LogP contribution in [-0.4, -0.2) is 140 Å². The van der Waals surface area contributed by atoms with Gasteiger partial charge in [0.25, 0.3) is 0 Å². The van der Waals surface area contributed by atoms with Crippen molar-refractivity contribution in [3.63, 3.8) is 0 Å². The highest BCUT2D eigenvalue weighted by molar-refractivity contribution is 5.76. The fourth-order valence-corrected chi connectivity index (χ4v) is 8.75. The van der Waals surface area contributed by atoms with Crippen LogP contribution in [0.15, 0.2) is 48.6 Å². The molecular formula is C55H99NO13. The van der Waals surface area contributed by atoms with Gasteiger partial charge in [-0.3, -0.25) is 4.79 Å². The summed E-state index contributed by atoms with van der Waals surface area (Å²) in [7, 11) is 0. The van der Waals surface area contributed by atoms with Crippen molar-refractivity contribution in [1.82, 2.24) is 5.32 Å². The second-order valence-corrected chi connectivity index (χ2v) is 19.3. The van der Waals surface area contributed by atoms with Gasteiger partial charge in [0.05, 0.1) is 32.0 Å². The minimum atomic E-state index is -1.79. The summed E-state index contributed by atoms with van der Waals surface area (Å²) in [6, 6.07) is -0.930. The minimum absolute atomic E-state index is 0.253. The number of allylic oxidation sites excluding steroid dienone is 7. The number of aliphatic hydroxyl groups is 8. The number of ether oxygens (including phenoxy) is 4. The van der Waals surface area contributed by atoms with E-state index in [-0.39, 0.29) is 18.9 Å². The SMILES string of the molecule is CCCCCC/C=C/CC/C=C/C(O)C(COC1OC(CO)C(OC2OC(CO)C(O)C(O)C2O)C(O)C1O)NC(=O)CCCCCCCCCCCCCCC/C=C\C/C=C\CCCCCCC. The molecule has 2 heterocycles. The maximum Gasteiger partial charge on any atom is 0.220 e. The van der Waals surface area contributed by atoms with E-state index in [2.05, 4.69) is 55.6 Å². The zero-order valence-corrected chi connectivity index (χ0v) is 42.8. The lowest BCUT2D eigenvalue weighted by atomic mass is 9.97. The molecule has 0 spiro atoms. The number of carbonyl (C=O) groups excluding carboxylic acids is 1. The number of rotatable bonds is 42. The van der Waals surface area contributed by atoms with Gasteiger partial charge in [-0.15, -0.1) is 0 Å². The zero-order chi connectivity index (χ0) is 50.3. The second-order valence-electron chi connectivity index (χ2n) is 19.3. The zero-order valence-electron chi connectivity index (χ0n) is 42.8. The van der Waals surface area contributed by atoms with Crippen molar-refractivity contribution in [2.75, 3.05) is 19.8 Å². The van der Waals surface area contributed by atoms with Gasteiger partial charge in [-0.25, -0.2) is 0 Å². The van der Waals surface area contributed by atoms with Crippen molar-refractivity contribution < 1.29 is 64.6 Å². The summed E-state index contributed by atoms with van der Waals surface area (Å²) < 4.78 is 22.7. The molecule has 14 nitrogen and oxygen atoms in total. The van der Waals surface area contributed by atoms with Crippen LogP contribution in [0.3, 0.4) is 0 Å². The summed E-state index contributed by atoms with van der Waals surface area (Å²) in [5.74, 6) is -0.253. The van der Waals surface area contributed by atoms with E-state index in [1.807, 2.05) is 6.08 Å². The highest BCUT2D eigenvalue weighted by Crippen LogP contribution is 2.30. The fraction of sp³-hybridized carbons (Fsp3) is 0.836. The Balaban J connectivity index is 1.73. The van der Waals surface area contributed by atoms with Gasteiger partial charge in [-0.2, -0.15) is 0 Å². The second kappa shape index (κ2) is 41.4. The molecule has 2 rings (SSSR count). The van der Waals surface area contributed by atoms with E-state index in [0.29, 0.717) is 12.8 Å². The van der Waals surface area contributed by atoms with Crippen molar-refractivity contribution in [2.24, 2.45) is 0 Å². The molecule has 9 N–H and O–H groups in total. The molecule has 14 heteroatoms. The van der Waals surface area contributed by atoms with Crippen LogP contribution in [0.25, 0.3) is 0 Å². The first-order valence-electron chi connectivity index (χ1n) is 27.4. The summed E-state index contributed by atoms with van der Waals surface area (Å²) in [6.45, 7) is 2.71. The van der Waals surface area contributed by atoms with E-state index in [0.717, 1.165) is 38.5 Å².